The van der Waals surface area contributed by atoms with Crippen LogP contribution in [0.2, 0.25) is 0 Å². The Morgan fingerprint density at radius 1 is 1.06 bits per heavy atom. The molecule has 0 aromatic heterocycles. The second kappa shape index (κ2) is 6.53. The second-order valence-corrected chi connectivity index (χ2v) is 6.62. The minimum Gasteiger partial charge on any atom is -0.393 e. The van der Waals surface area contributed by atoms with Gasteiger partial charge in [0.2, 0.25) is 0 Å². The van der Waals surface area contributed by atoms with Crippen molar-refractivity contribution in [1.82, 2.24) is 4.90 Å². The van der Waals surface area contributed by atoms with E-state index in [0.29, 0.717) is 5.41 Å². The van der Waals surface area contributed by atoms with E-state index in [1.165, 1.54) is 45.1 Å². The van der Waals surface area contributed by atoms with E-state index in [1.54, 1.807) is 0 Å². The monoisotopic (exact) mass is 303 g/mol. The van der Waals surface area contributed by atoms with Gasteiger partial charge in [0.15, 0.2) is 0 Å². The van der Waals surface area contributed by atoms with E-state index in [0.717, 1.165) is 31.3 Å². The lowest BCUT2D eigenvalue weighted by molar-refractivity contribution is 0.0574. The Kier molecular flexibility index (Phi) is 5.31. The Morgan fingerprint density at radius 2 is 1.65 bits per heavy atom. The molecule has 1 saturated carbocycles. The van der Waals surface area contributed by atoms with Gasteiger partial charge in [0.1, 0.15) is 0 Å². The summed E-state index contributed by atoms with van der Waals surface area (Å²) in [6.45, 7) is 3.43. The molecule has 1 N–H and O–H groups in total. The summed E-state index contributed by atoms with van der Waals surface area (Å²) in [6.07, 6.45) is 10.3. The standard InChI is InChI=1S/C14H26BrNO/c15-11-14(7-3-1-2-4-8-14)12-16-9-5-13(17)6-10-16/h13,17H,1-12H2. The average Bonchev–Trinajstić information content (AvgIpc) is 2.58. The van der Waals surface area contributed by atoms with Crippen molar-refractivity contribution in [2.75, 3.05) is 25.0 Å². The molecule has 0 aromatic carbocycles. The number of aliphatic hydroxyl groups is 1. The Balaban J connectivity index is 1.89. The number of nitrogens with zero attached hydrogens (tertiary/aromatic N) is 1. The van der Waals surface area contributed by atoms with E-state index in [-0.39, 0.29) is 6.10 Å². The molecule has 1 aliphatic heterocycles. The molecule has 2 nitrogen and oxygen atoms in total. The Morgan fingerprint density at radius 3 is 2.18 bits per heavy atom. The van der Waals surface area contributed by atoms with Crippen molar-refractivity contribution in [3.8, 4) is 0 Å². The molecule has 17 heavy (non-hydrogen) atoms. The number of hydrogen-bond donors (Lipinski definition) is 1. The third-order valence-corrected chi connectivity index (χ3v) is 5.75. The zero-order chi connectivity index (χ0) is 12.1. The maximum atomic E-state index is 9.56. The topological polar surface area (TPSA) is 23.5 Å². The van der Waals surface area contributed by atoms with Crippen molar-refractivity contribution in [3.05, 3.63) is 0 Å². The smallest absolute Gasteiger partial charge is 0.0564 e. The summed E-state index contributed by atoms with van der Waals surface area (Å²) in [4.78, 5) is 2.58. The maximum Gasteiger partial charge on any atom is 0.0564 e. The van der Waals surface area contributed by atoms with Crippen molar-refractivity contribution < 1.29 is 5.11 Å². The normalized spacial score (nSPS) is 27.9. The molecule has 0 amide bonds. The zero-order valence-electron chi connectivity index (χ0n) is 10.8. The molecular formula is C14H26BrNO. The van der Waals surface area contributed by atoms with Crippen molar-refractivity contribution in [2.24, 2.45) is 5.41 Å². The molecule has 100 valence electrons. The molecule has 2 aliphatic rings. The lowest BCUT2D eigenvalue weighted by Crippen LogP contribution is -2.44. The second-order valence-electron chi connectivity index (χ2n) is 6.06. The van der Waals surface area contributed by atoms with Gasteiger partial charge in [0, 0.05) is 25.0 Å². The fraction of sp³-hybridized carbons (Fsp3) is 1.00. The summed E-state index contributed by atoms with van der Waals surface area (Å²) in [5.74, 6) is 0. The van der Waals surface area contributed by atoms with Crippen LogP contribution in [0.15, 0.2) is 0 Å². The number of aliphatic hydroxyl groups excluding tert-OH is 1. The molecule has 2 rings (SSSR count). The molecule has 0 unspecified atom stereocenters. The lowest BCUT2D eigenvalue weighted by atomic mass is 9.81. The van der Waals surface area contributed by atoms with E-state index < -0.39 is 0 Å². The molecule has 0 aromatic rings. The number of piperidine rings is 1. The van der Waals surface area contributed by atoms with Crippen molar-refractivity contribution in [3.63, 3.8) is 0 Å². The highest BCUT2D eigenvalue weighted by molar-refractivity contribution is 9.09. The summed E-state index contributed by atoms with van der Waals surface area (Å²) in [6, 6.07) is 0. The summed E-state index contributed by atoms with van der Waals surface area (Å²) in [5, 5.41) is 10.7. The number of halogens is 1. The van der Waals surface area contributed by atoms with E-state index in [2.05, 4.69) is 20.8 Å². The van der Waals surface area contributed by atoms with Gasteiger partial charge in [-0.1, -0.05) is 41.6 Å². The van der Waals surface area contributed by atoms with E-state index in [1.807, 2.05) is 0 Å². The SMILES string of the molecule is OC1CCN(CC2(CBr)CCCCCC2)CC1. The highest BCUT2D eigenvalue weighted by atomic mass is 79.9. The molecule has 1 heterocycles. The Bertz CT molecular complexity index is 218. The maximum absolute atomic E-state index is 9.56. The highest BCUT2D eigenvalue weighted by Gasteiger charge is 2.32. The van der Waals surface area contributed by atoms with E-state index in [4.69, 9.17) is 0 Å². The van der Waals surface area contributed by atoms with E-state index in [9.17, 15) is 5.11 Å². The van der Waals surface area contributed by atoms with Gasteiger partial charge in [-0.3, -0.25) is 0 Å². The van der Waals surface area contributed by atoms with Crippen LogP contribution in [0.1, 0.15) is 51.4 Å². The van der Waals surface area contributed by atoms with Crippen LogP contribution >= 0.6 is 15.9 Å². The van der Waals surface area contributed by atoms with Crippen molar-refractivity contribution >= 4 is 15.9 Å². The molecule has 3 heteroatoms. The minimum absolute atomic E-state index is 0.0414. The predicted octanol–water partition coefficient (Wildman–Crippen LogP) is 3.18. The molecule has 1 aliphatic carbocycles. The number of alkyl halides is 1. The number of likely N-dealkylation sites (tertiary alicyclic amines) is 1. The molecule has 0 radical (unpaired) electrons. The molecular weight excluding hydrogens is 278 g/mol. The number of hydrogen-bond acceptors (Lipinski definition) is 2. The Hall–Kier alpha value is 0.400. The molecule has 0 atom stereocenters. The molecule has 1 saturated heterocycles. The van der Waals surface area contributed by atoms with Crippen molar-refractivity contribution in [1.29, 1.82) is 0 Å². The van der Waals surface area contributed by atoms with E-state index >= 15 is 0 Å². The van der Waals surface area contributed by atoms with Gasteiger partial charge in [-0.2, -0.15) is 0 Å². The average molecular weight is 304 g/mol. The first-order chi connectivity index (χ1) is 8.24. The predicted molar refractivity (Wildman–Crippen MR) is 75.6 cm³/mol. The van der Waals surface area contributed by atoms with Gasteiger partial charge in [0.05, 0.1) is 6.10 Å². The first kappa shape index (κ1) is 13.8. The highest BCUT2D eigenvalue weighted by Crippen LogP contribution is 2.37. The molecule has 0 bridgehead atoms. The van der Waals surface area contributed by atoms with Gasteiger partial charge in [-0.05, 0) is 31.1 Å². The summed E-state index contributed by atoms with van der Waals surface area (Å²) in [7, 11) is 0. The zero-order valence-corrected chi connectivity index (χ0v) is 12.4. The number of rotatable bonds is 3. The lowest BCUT2D eigenvalue weighted by Gasteiger charge is -2.39. The van der Waals surface area contributed by atoms with Crippen LogP contribution in [0.25, 0.3) is 0 Å². The first-order valence-electron chi connectivity index (χ1n) is 7.20. The van der Waals surface area contributed by atoms with Crippen LogP contribution in [-0.4, -0.2) is 41.1 Å². The van der Waals surface area contributed by atoms with Crippen LogP contribution in [0.5, 0.6) is 0 Å². The Labute approximate surface area is 114 Å². The quantitative estimate of drug-likeness (QED) is 0.639. The van der Waals surface area contributed by atoms with Gasteiger partial charge >= 0.3 is 0 Å². The summed E-state index contributed by atoms with van der Waals surface area (Å²) < 4.78 is 0. The van der Waals surface area contributed by atoms with Crippen LogP contribution in [-0.2, 0) is 0 Å². The third-order valence-electron chi connectivity index (χ3n) is 4.56. The fourth-order valence-corrected chi connectivity index (χ4v) is 4.10. The third kappa shape index (κ3) is 3.93. The fourth-order valence-electron chi connectivity index (χ4n) is 3.36. The van der Waals surface area contributed by atoms with Gasteiger partial charge in [0.25, 0.3) is 0 Å². The van der Waals surface area contributed by atoms with Gasteiger partial charge < -0.3 is 10.0 Å². The van der Waals surface area contributed by atoms with Crippen LogP contribution < -0.4 is 0 Å². The van der Waals surface area contributed by atoms with Crippen LogP contribution in [0, 0.1) is 5.41 Å². The van der Waals surface area contributed by atoms with Gasteiger partial charge in [-0.15, -0.1) is 0 Å². The minimum atomic E-state index is -0.0414. The van der Waals surface area contributed by atoms with Crippen LogP contribution in [0.4, 0.5) is 0 Å². The summed E-state index contributed by atoms with van der Waals surface area (Å²) in [5.41, 5.74) is 0.513. The first-order valence-corrected chi connectivity index (χ1v) is 8.33. The summed E-state index contributed by atoms with van der Waals surface area (Å²) >= 11 is 3.77. The largest absolute Gasteiger partial charge is 0.393 e. The molecule has 0 spiro atoms. The van der Waals surface area contributed by atoms with Crippen molar-refractivity contribution in [2.45, 2.75) is 57.5 Å². The molecule has 2 fully saturated rings. The van der Waals surface area contributed by atoms with Crippen LogP contribution in [0.3, 0.4) is 0 Å². The van der Waals surface area contributed by atoms with Gasteiger partial charge in [-0.25, -0.2) is 0 Å².